The number of allylic oxidation sites excluding steroid dienone is 1. The van der Waals surface area contributed by atoms with E-state index in [4.69, 9.17) is 9.47 Å². The summed E-state index contributed by atoms with van der Waals surface area (Å²) in [6, 6.07) is 5.86. The summed E-state index contributed by atoms with van der Waals surface area (Å²) < 4.78 is 11.0. The predicted molar refractivity (Wildman–Crippen MR) is 117 cm³/mol. The molecule has 2 aliphatic rings. The molecule has 1 aliphatic heterocycles. The first-order valence-corrected chi connectivity index (χ1v) is 11.1. The fraction of sp³-hybridized carbons (Fsp3) is 0.565. The number of aliphatic hydroxyl groups excluding tert-OH is 3. The Morgan fingerprint density at radius 3 is 2.69 bits per heavy atom. The van der Waals surface area contributed by atoms with Crippen LogP contribution in [0.25, 0.3) is 0 Å². The Morgan fingerprint density at radius 1 is 1.25 bits per heavy atom. The molecule has 0 saturated heterocycles. The smallest absolute Gasteiger partial charge is 0.252 e. The molecule has 5 atom stereocenters. The van der Waals surface area contributed by atoms with Crippen molar-refractivity contribution in [1.29, 1.82) is 0 Å². The predicted octanol–water partition coefficient (Wildman–Crippen LogP) is 0.736. The molecule has 176 valence electrons. The molecule has 0 radical (unpaired) electrons. The third-order valence-electron chi connectivity index (χ3n) is 5.78. The minimum Gasteiger partial charge on any atom is -0.489 e. The number of carbonyl (C=O) groups excluding carboxylic acids is 2. The lowest BCUT2D eigenvalue weighted by Crippen LogP contribution is -2.56. The van der Waals surface area contributed by atoms with Crippen molar-refractivity contribution in [2.24, 2.45) is 5.92 Å². The molecule has 1 aromatic carbocycles. The van der Waals surface area contributed by atoms with Gasteiger partial charge in [0.1, 0.15) is 36.7 Å². The number of carbonyl (C=O) groups is 2. The number of amides is 2. The number of hydrogen-bond acceptors (Lipinski definition) is 7. The van der Waals surface area contributed by atoms with Crippen molar-refractivity contribution < 1.29 is 34.4 Å². The van der Waals surface area contributed by atoms with E-state index in [9.17, 15) is 24.9 Å². The van der Waals surface area contributed by atoms with Crippen LogP contribution in [-0.2, 0) is 14.3 Å². The van der Waals surface area contributed by atoms with Crippen LogP contribution in [0.4, 0.5) is 5.69 Å². The van der Waals surface area contributed by atoms with Gasteiger partial charge in [0.05, 0.1) is 5.69 Å². The zero-order chi connectivity index (χ0) is 23.1. The van der Waals surface area contributed by atoms with E-state index in [1.807, 2.05) is 6.08 Å². The second kappa shape index (κ2) is 11.4. The van der Waals surface area contributed by atoms with Gasteiger partial charge in [-0.2, -0.15) is 0 Å². The van der Waals surface area contributed by atoms with Gasteiger partial charge in [-0.15, -0.1) is 0 Å². The topological polar surface area (TPSA) is 137 Å². The second-order valence-electron chi connectivity index (χ2n) is 8.13. The summed E-state index contributed by atoms with van der Waals surface area (Å²) in [6.45, 7) is 1.60. The highest BCUT2D eigenvalue weighted by atomic mass is 16.5. The number of hydrogen-bond donors (Lipinski definition) is 5. The van der Waals surface area contributed by atoms with Gasteiger partial charge in [-0.05, 0) is 37.8 Å². The second-order valence-corrected chi connectivity index (χ2v) is 8.13. The molecule has 0 bridgehead atoms. The average molecular weight is 449 g/mol. The maximum Gasteiger partial charge on any atom is 0.252 e. The molecular weight excluding hydrogens is 416 g/mol. The summed E-state index contributed by atoms with van der Waals surface area (Å²) in [6.07, 6.45) is 1.43. The third-order valence-corrected chi connectivity index (χ3v) is 5.78. The van der Waals surface area contributed by atoms with Crippen LogP contribution in [0.3, 0.4) is 0 Å². The highest BCUT2D eigenvalue weighted by Gasteiger charge is 2.38. The molecule has 5 N–H and O–H groups in total. The lowest BCUT2D eigenvalue weighted by Gasteiger charge is -2.28. The minimum absolute atomic E-state index is 0.0781. The summed E-state index contributed by atoms with van der Waals surface area (Å²) in [5.41, 5.74) is 0.489. The van der Waals surface area contributed by atoms with Gasteiger partial charge in [-0.25, -0.2) is 0 Å². The Morgan fingerprint density at radius 2 is 1.97 bits per heavy atom. The number of para-hydroxylation sites is 2. The first kappa shape index (κ1) is 24.2. The summed E-state index contributed by atoms with van der Waals surface area (Å²) in [5.74, 6) is -0.447. The summed E-state index contributed by atoms with van der Waals surface area (Å²) >= 11 is 0. The van der Waals surface area contributed by atoms with Gasteiger partial charge < -0.3 is 35.4 Å². The Bertz CT molecular complexity index is 809. The highest BCUT2D eigenvalue weighted by Crippen LogP contribution is 2.27. The van der Waals surface area contributed by atoms with E-state index in [1.54, 1.807) is 31.2 Å². The Kier molecular flexibility index (Phi) is 8.63. The number of aliphatic hydroxyl groups is 3. The van der Waals surface area contributed by atoms with Gasteiger partial charge in [0.15, 0.2) is 6.10 Å². The van der Waals surface area contributed by atoms with Crippen molar-refractivity contribution >= 4 is 17.5 Å². The minimum atomic E-state index is -1.70. The monoisotopic (exact) mass is 448 g/mol. The van der Waals surface area contributed by atoms with Crippen molar-refractivity contribution in [3.8, 4) is 5.75 Å². The fourth-order valence-corrected chi connectivity index (χ4v) is 3.95. The van der Waals surface area contributed by atoms with Crippen molar-refractivity contribution in [1.82, 2.24) is 5.32 Å². The molecule has 0 aromatic heterocycles. The molecule has 9 heteroatoms. The number of ether oxygens (including phenoxy) is 2. The van der Waals surface area contributed by atoms with Gasteiger partial charge in [0, 0.05) is 6.61 Å². The third kappa shape index (κ3) is 6.07. The van der Waals surface area contributed by atoms with Crippen molar-refractivity contribution in [3.05, 3.63) is 36.4 Å². The number of rotatable bonds is 9. The van der Waals surface area contributed by atoms with Gasteiger partial charge >= 0.3 is 0 Å². The Labute approximate surface area is 187 Å². The van der Waals surface area contributed by atoms with Crippen LogP contribution >= 0.6 is 0 Å². The van der Waals surface area contributed by atoms with Crippen LogP contribution in [0.5, 0.6) is 5.75 Å². The number of nitrogens with one attached hydrogen (secondary N) is 2. The van der Waals surface area contributed by atoms with Crippen molar-refractivity contribution in [2.45, 2.75) is 63.1 Å². The van der Waals surface area contributed by atoms with Crippen LogP contribution in [0.15, 0.2) is 36.4 Å². The Hall–Kier alpha value is -2.46. The first-order valence-electron chi connectivity index (χ1n) is 11.1. The highest BCUT2D eigenvalue weighted by molar-refractivity contribution is 5.99. The van der Waals surface area contributed by atoms with E-state index >= 15 is 0 Å². The largest absolute Gasteiger partial charge is 0.489 e. The zero-order valence-electron chi connectivity index (χ0n) is 18.1. The summed E-state index contributed by atoms with van der Waals surface area (Å²) in [4.78, 5) is 25.3. The zero-order valence-corrected chi connectivity index (χ0v) is 18.1. The summed E-state index contributed by atoms with van der Waals surface area (Å²) in [5, 5.41) is 36.5. The number of anilines is 1. The molecule has 1 saturated carbocycles. The molecule has 1 aliphatic carbocycles. The van der Waals surface area contributed by atoms with Crippen molar-refractivity contribution in [2.75, 3.05) is 18.5 Å². The first-order chi connectivity index (χ1) is 15.4. The molecule has 9 nitrogen and oxygen atoms in total. The quantitative estimate of drug-likeness (QED) is 0.351. The van der Waals surface area contributed by atoms with E-state index in [2.05, 4.69) is 10.6 Å². The maximum absolute atomic E-state index is 12.8. The number of fused-ring (bicyclic) bond motifs is 1. The van der Waals surface area contributed by atoms with E-state index in [1.165, 1.54) is 6.08 Å². The van der Waals surface area contributed by atoms with Crippen LogP contribution < -0.4 is 15.4 Å². The number of benzene rings is 1. The van der Waals surface area contributed by atoms with E-state index < -0.39 is 42.3 Å². The lowest BCUT2D eigenvalue weighted by atomic mass is 9.99. The van der Waals surface area contributed by atoms with Gasteiger partial charge in [-0.3, -0.25) is 9.59 Å². The van der Waals surface area contributed by atoms with Gasteiger partial charge in [0.25, 0.3) is 11.8 Å². The van der Waals surface area contributed by atoms with E-state index in [0.717, 1.165) is 25.7 Å². The molecule has 32 heavy (non-hydrogen) atoms. The lowest BCUT2D eigenvalue weighted by molar-refractivity contribution is -0.154. The van der Waals surface area contributed by atoms with Crippen LogP contribution in [-0.4, -0.2) is 70.8 Å². The van der Waals surface area contributed by atoms with Crippen LogP contribution in [0, 0.1) is 5.92 Å². The maximum atomic E-state index is 12.8. The molecule has 2 amide bonds. The molecule has 1 heterocycles. The standard InChI is InChI=1S/C23H32N2O7/c1-2-31-21(20(28)19(27)17(26)12-11-14-7-3-4-8-14)23(30)25-16-13-32-18-10-6-5-9-15(18)24-22(16)29/h5-6,9-12,14,16-17,19-21,26-28H,2-4,7-8,13H2,1H3,(H,24,29)(H,25,30)/t16?,17-,19+,20-,21-/m1/s1. The SMILES string of the molecule is CCO[C@@H](C(=O)NC1COc2ccccc2NC1=O)[C@H](O)[C@@H](O)[C@H](O)C=CC1CCCC1. The van der Waals surface area contributed by atoms with Crippen LogP contribution in [0.2, 0.25) is 0 Å². The van der Waals surface area contributed by atoms with E-state index in [0.29, 0.717) is 17.4 Å². The fourth-order valence-electron chi connectivity index (χ4n) is 3.95. The average Bonchev–Trinajstić information content (AvgIpc) is 3.26. The normalized spacial score (nSPS) is 22.9. The molecule has 1 aromatic rings. The molecule has 0 spiro atoms. The summed E-state index contributed by atoms with van der Waals surface area (Å²) in [7, 11) is 0. The molecule has 3 rings (SSSR count). The van der Waals surface area contributed by atoms with Crippen molar-refractivity contribution in [3.63, 3.8) is 0 Å². The van der Waals surface area contributed by atoms with E-state index in [-0.39, 0.29) is 13.2 Å². The van der Waals surface area contributed by atoms with Gasteiger partial charge in [-0.1, -0.05) is 37.1 Å². The molecule has 1 fully saturated rings. The van der Waals surface area contributed by atoms with Crippen LogP contribution in [0.1, 0.15) is 32.6 Å². The Balaban J connectivity index is 1.62. The van der Waals surface area contributed by atoms with Gasteiger partial charge in [0.2, 0.25) is 0 Å². The molecule has 1 unspecified atom stereocenters. The molecular formula is C23H32N2O7.